The summed E-state index contributed by atoms with van der Waals surface area (Å²) in [5, 5.41) is 24.2. The van der Waals surface area contributed by atoms with E-state index in [1.807, 2.05) is 0 Å². The monoisotopic (exact) mass is 556 g/mol. The van der Waals surface area contributed by atoms with Gasteiger partial charge >= 0.3 is 0 Å². The number of rotatable bonds is 10. The fourth-order valence-corrected chi connectivity index (χ4v) is 5.98. The van der Waals surface area contributed by atoms with Gasteiger partial charge in [-0.3, -0.25) is 20.2 Å². The summed E-state index contributed by atoms with van der Waals surface area (Å²) in [4.78, 5) is 21.2. The summed E-state index contributed by atoms with van der Waals surface area (Å²) in [7, 11) is -7.89. The van der Waals surface area contributed by atoms with Crippen LogP contribution in [0.1, 0.15) is 33.4 Å². The Hall–Kier alpha value is -4.16. The minimum atomic E-state index is -3.94. The number of aryl methyl sites for hydroxylation is 2. The summed E-state index contributed by atoms with van der Waals surface area (Å²) >= 11 is 0. The predicted octanol–water partition coefficient (Wildman–Crippen LogP) is 5.29. The van der Waals surface area contributed by atoms with Crippen molar-refractivity contribution in [1.82, 2.24) is 0 Å². The van der Waals surface area contributed by atoms with Crippen LogP contribution in [-0.2, 0) is 31.2 Å². The average Bonchev–Trinajstić information content (AvgIpc) is 2.84. The summed E-state index contributed by atoms with van der Waals surface area (Å²) in [6.45, 7) is 3.53. The van der Waals surface area contributed by atoms with E-state index in [-0.39, 0.29) is 33.6 Å². The molecule has 3 aromatic carbocycles. The SMILES string of the molecule is Cc1cc(CS(=O)(=O)/C=C/c2ccccc2[N+](=O)[O-])c(CS(=O)(=O)/C=C/c2ccccc2[N+](=O)[O-])cc1C. The Balaban J connectivity index is 1.91. The summed E-state index contributed by atoms with van der Waals surface area (Å²) in [6, 6.07) is 14.6. The molecule has 0 saturated carbocycles. The van der Waals surface area contributed by atoms with Crippen molar-refractivity contribution < 1.29 is 26.7 Å². The molecule has 10 nitrogen and oxygen atoms in total. The van der Waals surface area contributed by atoms with Crippen molar-refractivity contribution >= 4 is 43.2 Å². The maximum atomic E-state index is 12.9. The van der Waals surface area contributed by atoms with Gasteiger partial charge < -0.3 is 0 Å². The van der Waals surface area contributed by atoms with Gasteiger partial charge in [0.25, 0.3) is 11.4 Å². The highest BCUT2D eigenvalue weighted by atomic mass is 32.2. The van der Waals surface area contributed by atoms with Crippen molar-refractivity contribution in [2.75, 3.05) is 0 Å². The standard InChI is InChI=1S/C26H24N2O8S2/c1-19-15-23(17-37(33,34)13-11-21-7-3-5-9-25(21)27(29)30)24(16-20(19)2)18-38(35,36)14-12-22-8-4-6-10-26(22)28(31)32/h3-16H,17-18H2,1-2H3/b13-11+,14-12+. The van der Waals surface area contributed by atoms with Gasteiger partial charge in [-0.05, 0) is 60.4 Å². The van der Waals surface area contributed by atoms with Crippen LogP contribution in [0.5, 0.6) is 0 Å². The molecule has 0 saturated heterocycles. The second-order valence-corrected chi connectivity index (χ2v) is 12.3. The molecule has 0 aliphatic carbocycles. The molecule has 38 heavy (non-hydrogen) atoms. The molecule has 12 heteroatoms. The van der Waals surface area contributed by atoms with Crippen LogP contribution in [0.3, 0.4) is 0 Å². The van der Waals surface area contributed by atoms with Crippen LogP contribution in [0.2, 0.25) is 0 Å². The van der Waals surface area contributed by atoms with Crippen LogP contribution in [0.15, 0.2) is 71.5 Å². The summed E-state index contributed by atoms with van der Waals surface area (Å²) in [6.07, 6.45) is 2.28. The van der Waals surface area contributed by atoms with Crippen LogP contribution in [0.25, 0.3) is 12.2 Å². The van der Waals surface area contributed by atoms with E-state index in [4.69, 9.17) is 0 Å². The maximum Gasteiger partial charge on any atom is 0.276 e. The highest BCUT2D eigenvalue weighted by Crippen LogP contribution is 2.25. The average molecular weight is 557 g/mol. The number of nitro benzene ring substituents is 2. The first kappa shape index (κ1) is 28.4. The van der Waals surface area contributed by atoms with E-state index in [0.29, 0.717) is 0 Å². The molecular weight excluding hydrogens is 532 g/mol. The van der Waals surface area contributed by atoms with Crippen LogP contribution in [0.4, 0.5) is 11.4 Å². The maximum absolute atomic E-state index is 12.9. The van der Waals surface area contributed by atoms with Gasteiger partial charge in [0.1, 0.15) is 0 Å². The molecule has 0 atom stereocenters. The number of benzene rings is 3. The molecule has 0 aliphatic rings. The van der Waals surface area contributed by atoms with Crippen molar-refractivity contribution in [2.45, 2.75) is 25.4 Å². The molecule has 3 rings (SSSR count). The zero-order valence-electron chi connectivity index (χ0n) is 20.5. The summed E-state index contributed by atoms with van der Waals surface area (Å²) in [5.41, 5.74) is 1.79. The Morgan fingerprint density at radius 2 is 1.00 bits per heavy atom. The van der Waals surface area contributed by atoms with Gasteiger partial charge in [-0.15, -0.1) is 0 Å². The number of sulfone groups is 2. The van der Waals surface area contributed by atoms with Gasteiger partial charge in [0.15, 0.2) is 19.7 Å². The van der Waals surface area contributed by atoms with Gasteiger partial charge in [-0.25, -0.2) is 16.8 Å². The van der Waals surface area contributed by atoms with Gasteiger partial charge in [0.2, 0.25) is 0 Å². The second-order valence-electron chi connectivity index (χ2n) is 8.56. The van der Waals surface area contributed by atoms with Crippen molar-refractivity contribution in [3.8, 4) is 0 Å². The van der Waals surface area contributed by atoms with E-state index in [1.54, 1.807) is 38.1 Å². The van der Waals surface area contributed by atoms with Crippen molar-refractivity contribution in [1.29, 1.82) is 0 Å². The van der Waals surface area contributed by atoms with Crippen molar-refractivity contribution in [2.24, 2.45) is 0 Å². The van der Waals surface area contributed by atoms with Crippen LogP contribution < -0.4 is 0 Å². The lowest BCUT2D eigenvalue weighted by Gasteiger charge is -2.12. The number of hydrogen-bond donors (Lipinski definition) is 0. The Bertz CT molecular complexity index is 1550. The molecule has 0 N–H and O–H groups in total. The predicted molar refractivity (Wildman–Crippen MR) is 145 cm³/mol. The van der Waals surface area contributed by atoms with Crippen molar-refractivity contribution in [3.63, 3.8) is 0 Å². The van der Waals surface area contributed by atoms with Crippen LogP contribution in [-0.4, -0.2) is 26.7 Å². The lowest BCUT2D eigenvalue weighted by molar-refractivity contribution is -0.385. The van der Waals surface area contributed by atoms with Gasteiger partial charge in [-0.2, -0.15) is 0 Å². The Morgan fingerprint density at radius 1 is 0.658 bits per heavy atom. The highest BCUT2D eigenvalue weighted by Gasteiger charge is 2.19. The van der Waals surface area contributed by atoms with E-state index in [2.05, 4.69) is 0 Å². The van der Waals surface area contributed by atoms with Gasteiger partial charge in [0, 0.05) is 22.9 Å². The zero-order chi connectivity index (χ0) is 28.1. The smallest absolute Gasteiger partial charge is 0.258 e. The molecule has 0 bridgehead atoms. The van der Waals surface area contributed by atoms with E-state index in [9.17, 15) is 37.1 Å². The third kappa shape index (κ3) is 7.43. The Morgan fingerprint density at radius 3 is 1.34 bits per heavy atom. The number of hydrogen-bond acceptors (Lipinski definition) is 8. The quantitative estimate of drug-likeness (QED) is 0.241. The third-order valence-corrected chi connectivity index (χ3v) is 8.23. The third-order valence-electron chi connectivity index (χ3n) is 5.71. The van der Waals surface area contributed by atoms with Crippen LogP contribution >= 0.6 is 0 Å². The Labute approximate surface area is 220 Å². The molecule has 0 radical (unpaired) electrons. The largest absolute Gasteiger partial charge is 0.276 e. The van der Waals surface area contributed by atoms with E-state index >= 15 is 0 Å². The molecule has 0 spiro atoms. The minimum Gasteiger partial charge on any atom is -0.258 e. The molecule has 3 aromatic rings. The molecule has 0 fully saturated rings. The first-order valence-electron chi connectivity index (χ1n) is 11.2. The lowest BCUT2D eigenvalue weighted by atomic mass is 10.0. The molecule has 0 aromatic heterocycles. The fourth-order valence-electron chi connectivity index (χ4n) is 3.68. The summed E-state index contributed by atoms with van der Waals surface area (Å²) < 4.78 is 51.6. The molecule has 0 amide bonds. The first-order valence-corrected chi connectivity index (χ1v) is 14.6. The molecule has 0 heterocycles. The number of nitrogens with zero attached hydrogens (tertiary/aromatic N) is 2. The number of nitro groups is 2. The van der Waals surface area contributed by atoms with E-state index in [0.717, 1.165) is 34.1 Å². The summed E-state index contributed by atoms with van der Waals surface area (Å²) in [5.74, 6) is -1.05. The molecule has 0 unspecified atom stereocenters. The van der Waals surface area contributed by atoms with E-state index in [1.165, 1.54) is 36.4 Å². The molecule has 0 aliphatic heterocycles. The topological polar surface area (TPSA) is 155 Å². The lowest BCUT2D eigenvalue weighted by Crippen LogP contribution is -2.08. The molecule has 198 valence electrons. The van der Waals surface area contributed by atoms with Crippen molar-refractivity contribution in [3.05, 3.63) is 125 Å². The van der Waals surface area contributed by atoms with E-state index < -0.39 is 41.0 Å². The second kappa shape index (κ2) is 11.5. The van der Waals surface area contributed by atoms with Gasteiger partial charge in [-0.1, -0.05) is 36.4 Å². The minimum absolute atomic E-state index is 0.115. The first-order chi connectivity index (χ1) is 17.8. The number of para-hydroxylation sites is 2. The fraction of sp³-hybridized carbons (Fsp3) is 0.154. The normalized spacial score (nSPS) is 12.3. The zero-order valence-corrected chi connectivity index (χ0v) is 22.1. The van der Waals surface area contributed by atoms with Gasteiger partial charge in [0.05, 0.1) is 32.5 Å². The molecular formula is C26H24N2O8S2. The van der Waals surface area contributed by atoms with Crippen LogP contribution in [0, 0.1) is 34.1 Å². The Kier molecular flexibility index (Phi) is 8.59. The highest BCUT2D eigenvalue weighted by molar-refractivity contribution is 7.94.